The average Bonchev–Trinajstić information content (AvgIpc) is 2.78. The number of benzene rings is 1. The van der Waals surface area contributed by atoms with Gasteiger partial charge in [0.2, 0.25) is 0 Å². The minimum atomic E-state index is -1.44. The molecule has 2 heterocycles. The number of carbonyl (C=O) groups excluding carboxylic acids is 2. The molecule has 3 rings (SSSR count). The van der Waals surface area contributed by atoms with E-state index in [1.165, 1.54) is 22.3 Å². The number of pyridine rings is 1. The van der Waals surface area contributed by atoms with Crippen molar-refractivity contribution in [2.75, 3.05) is 21.1 Å². The van der Waals surface area contributed by atoms with E-state index in [1.807, 2.05) is 6.07 Å². The number of aromatic nitrogens is 1. The molecule has 0 bridgehead atoms. The number of nitrogens with one attached hydrogen (secondary N) is 3. The topological polar surface area (TPSA) is 134 Å². The molecule has 2 amide bonds. The van der Waals surface area contributed by atoms with Crippen molar-refractivity contribution in [2.45, 2.75) is 24.5 Å². The molecule has 31 heavy (non-hydrogen) atoms. The lowest BCUT2D eigenvalue weighted by atomic mass is 9.91. The monoisotopic (exact) mass is 423 g/mol. The van der Waals surface area contributed by atoms with E-state index in [0.717, 1.165) is 0 Å². The second kappa shape index (κ2) is 9.09. The number of likely N-dealkylation sites (N-methyl/N-ethyl adjacent to an activating group) is 1. The van der Waals surface area contributed by atoms with Crippen LogP contribution in [0.2, 0.25) is 0 Å². The molecule has 1 aliphatic heterocycles. The summed E-state index contributed by atoms with van der Waals surface area (Å²) in [6.45, 7) is 0. The molecule has 4 N–H and O–H groups in total. The number of hydrogen-bond donors (Lipinski definition) is 4. The number of carbonyl (C=O) groups is 2. The maximum Gasteiger partial charge on any atom is 0.280 e. The fraction of sp³-hybridized carbons (Fsp3) is 0.333. The van der Waals surface area contributed by atoms with E-state index in [2.05, 4.69) is 21.2 Å². The van der Waals surface area contributed by atoms with E-state index in [4.69, 9.17) is 0 Å². The summed E-state index contributed by atoms with van der Waals surface area (Å²) in [4.78, 5) is 31.3. The van der Waals surface area contributed by atoms with Crippen LogP contribution in [0.1, 0.15) is 16.8 Å². The highest BCUT2D eigenvalue weighted by Crippen LogP contribution is 2.29. The van der Waals surface area contributed by atoms with Gasteiger partial charge >= 0.3 is 0 Å². The van der Waals surface area contributed by atoms with Gasteiger partial charge in [-0.2, -0.15) is 5.26 Å². The Morgan fingerprint density at radius 1 is 1.19 bits per heavy atom. The minimum absolute atomic E-state index is 0.0679. The molecular formula is C21H25N7O3. The van der Waals surface area contributed by atoms with Gasteiger partial charge in [-0.15, -0.1) is 0 Å². The highest BCUT2D eigenvalue weighted by molar-refractivity contribution is 5.99. The fourth-order valence-electron chi connectivity index (χ4n) is 3.96. The van der Waals surface area contributed by atoms with Gasteiger partial charge in [0.05, 0.1) is 0 Å². The second-order valence-corrected chi connectivity index (χ2v) is 7.10. The highest BCUT2D eigenvalue weighted by Gasteiger charge is 2.56. The van der Waals surface area contributed by atoms with Gasteiger partial charge in [0.1, 0.15) is 23.6 Å². The van der Waals surface area contributed by atoms with Crippen molar-refractivity contribution in [3.63, 3.8) is 0 Å². The minimum Gasteiger partial charge on any atom is -0.508 e. The number of phenolic OH excluding ortho intramolecular Hbond substituents is 1. The van der Waals surface area contributed by atoms with Crippen LogP contribution in [0.3, 0.4) is 0 Å². The van der Waals surface area contributed by atoms with Crippen LogP contribution in [-0.4, -0.2) is 64.8 Å². The van der Waals surface area contributed by atoms with Crippen molar-refractivity contribution in [3.05, 3.63) is 59.4 Å². The molecule has 0 saturated carbocycles. The van der Waals surface area contributed by atoms with E-state index < -0.39 is 11.7 Å². The Kier molecular flexibility index (Phi) is 6.50. The first-order valence-corrected chi connectivity index (χ1v) is 9.75. The van der Waals surface area contributed by atoms with E-state index in [1.54, 1.807) is 51.5 Å². The van der Waals surface area contributed by atoms with E-state index in [9.17, 15) is 20.0 Å². The summed E-state index contributed by atoms with van der Waals surface area (Å²) >= 11 is 0. The lowest BCUT2D eigenvalue weighted by molar-refractivity contribution is -0.181. The van der Waals surface area contributed by atoms with Crippen LogP contribution in [0.4, 0.5) is 0 Å². The smallest absolute Gasteiger partial charge is 0.280 e. The molecule has 1 aromatic carbocycles. The third-order valence-electron chi connectivity index (χ3n) is 5.43. The van der Waals surface area contributed by atoms with Crippen molar-refractivity contribution >= 4 is 11.8 Å². The van der Waals surface area contributed by atoms with Crippen LogP contribution < -0.4 is 16.2 Å². The Balaban J connectivity index is 2.03. The molecule has 2 atom stereocenters. The van der Waals surface area contributed by atoms with Gasteiger partial charge in [0.15, 0.2) is 5.66 Å². The first-order valence-electron chi connectivity index (χ1n) is 9.75. The van der Waals surface area contributed by atoms with Crippen molar-refractivity contribution < 1.29 is 14.7 Å². The number of rotatable bonds is 7. The molecule has 1 aliphatic rings. The third-order valence-corrected chi connectivity index (χ3v) is 5.43. The number of hydrazine groups is 2. The Bertz CT molecular complexity index is 1020. The highest BCUT2D eigenvalue weighted by atomic mass is 16.3. The number of nitriles is 1. The molecule has 0 spiro atoms. The zero-order valence-corrected chi connectivity index (χ0v) is 17.6. The molecule has 1 saturated heterocycles. The van der Waals surface area contributed by atoms with Crippen molar-refractivity contribution in [1.29, 1.82) is 5.26 Å². The van der Waals surface area contributed by atoms with E-state index >= 15 is 0 Å². The molecule has 1 fully saturated rings. The molecule has 2 unspecified atom stereocenters. The zero-order valence-electron chi connectivity index (χ0n) is 17.6. The average molecular weight is 423 g/mol. The first kappa shape index (κ1) is 22.2. The molecule has 0 radical (unpaired) electrons. The van der Waals surface area contributed by atoms with Gasteiger partial charge in [0.25, 0.3) is 11.8 Å². The van der Waals surface area contributed by atoms with Crippen LogP contribution >= 0.6 is 0 Å². The Hall–Kier alpha value is -3.52. The van der Waals surface area contributed by atoms with Gasteiger partial charge in [-0.3, -0.25) is 19.9 Å². The summed E-state index contributed by atoms with van der Waals surface area (Å²) in [5, 5.41) is 24.7. The first-order chi connectivity index (χ1) is 14.9. The predicted molar refractivity (Wildman–Crippen MR) is 112 cm³/mol. The lowest BCUT2D eigenvalue weighted by Crippen LogP contribution is -2.80. The van der Waals surface area contributed by atoms with Gasteiger partial charge in [-0.25, -0.2) is 20.8 Å². The lowest BCUT2D eigenvalue weighted by Gasteiger charge is -2.51. The molecule has 2 aromatic rings. The van der Waals surface area contributed by atoms with Gasteiger partial charge < -0.3 is 5.11 Å². The Morgan fingerprint density at radius 2 is 1.97 bits per heavy atom. The summed E-state index contributed by atoms with van der Waals surface area (Å²) in [5.74, 6) is -0.681. The second-order valence-electron chi connectivity index (χ2n) is 7.10. The standard InChI is InChI=1S/C21H25N7O3/c1-23-21(12-14-6-4-8-16(29)10-14)20(31)27(24-2)18(19(30)28(21)25-3)11-15-7-5-9-26-17(15)13-22/h4-10,18,23-25,29H,11-12H2,1-3H3. The van der Waals surface area contributed by atoms with Crippen molar-refractivity contribution in [1.82, 2.24) is 31.2 Å². The summed E-state index contributed by atoms with van der Waals surface area (Å²) in [7, 11) is 4.73. The molecular weight excluding hydrogens is 398 g/mol. The quantitative estimate of drug-likeness (QED) is 0.476. The zero-order chi connectivity index (χ0) is 22.6. The van der Waals surface area contributed by atoms with Crippen molar-refractivity contribution in [2.24, 2.45) is 0 Å². The number of piperazine rings is 1. The molecule has 10 heteroatoms. The Labute approximate surface area is 180 Å². The largest absolute Gasteiger partial charge is 0.508 e. The van der Waals surface area contributed by atoms with Gasteiger partial charge in [-0.1, -0.05) is 18.2 Å². The van der Waals surface area contributed by atoms with Crippen LogP contribution in [0.15, 0.2) is 42.6 Å². The molecule has 162 valence electrons. The van der Waals surface area contributed by atoms with Gasteiger partial charge in [0, 0.05) is 33.1 Å². The fourth-order valence-corrected chi connectivity index (χ4v) is 3.96. The Morgan fingerprint density at radius 3 is 2.58 bits per heavy atom. The number of amides is 2. The number of aromatic hydroxyl groups is 1. The summed E-state index contributed by atoms with van der Waals surface area (Å²) in [6, 6.07) is 11.1. The number of nitrogens with zero attached hydrogens (tertiary/aromatic N) is 4. The molecule has 10 nitrogen and oxygen atoms in total. The maximum absolute atomic E-state index is 13.7. The van der Waals surface area contributed by atoms with Crippen LogP contribution in [0, 0.1) is 11.3 Å². The number of phenols is 1. The summed E-state index contributed by atoms with van der Waals surface area (Å²) in [6.07, 6.45) is 1.74. The SMILES string of the molecule is CNN1C(=O)C(Cc2cccc(O)c2)(NC)N(NC)C(=O)C1Cc1cccnc1C#N. The van der Waals surface area contributed by atoms with Crippen LogP contribution in [0.5, 0.6) is 5.75 Å². The maximum atomic E-state index is 13.7. The predicted octanol–water partition coefficient (Wildman–Crippen LogP) is -0.332. The number of hydrogen-bond acceptors (Lipinski definition) is 8. The summed E-state index contributed by atoms with van der Waals surface area (Å²) in [5.41, 5.74) is 5.70. The molecule has 0 aliphatic carbocycles. The van der Waals surface area contributed by atoms with Crippen LogP contribution in [-0.2, 0) is 22.4 Å². The van der Waals surface area contributed by atoms with E-state index in [0.29, 0.717) is 11.1 Å². The normalized spacial score (nSPS) is 21.3. The van der Waals surface area contributed by atoms with Crippen molar-refractivity contribution in [3.8, 4) is 11.8 Å². The van der Waals surface area contributed by atoms with Crippen LogP contribution in [0.25, 0.3) is 0 Å². The summed E-state index contributed by atoms with van der Waals surface area (Å²) < 4.78 is 0. The van der Waals surface area contributed by atoms with E-state index in [-0.39, 0.29) is 36.1 Å². The van der Waals surface area contributed by atoms with Gasteiger partial charge in [-0.05, 0) is 36.4 Å². The third kappa shape index (κ3) is 3.94. The molecule has 1 aromatic heterocycles.